The zero-order valence-corrected chi connectivity index (χ0v) is 27.0. The van der Waals surface area contributed by atoms with Gasteiger partial charge in [0.15, 0.2) is 0 Å². The predicted molar refractivity (Wildman–Crippen MR) is 175 cm³/mol. The molecule has 1 saturated heterocycles. The lowest BCUT2D eigenvalue weighted by atomic mass is 10.1. The van der Waals surface area contributed by atoms with Gasteiger partial charge in [-0.05, 0) is 36.1 Å². The fourth-order valence-corrected chi connectivity index (χ4v) is 6.55. The molecular formula is C30H30F3N11O2S2. The highest BCUT2D eigenvalue weighted by atomic mass is 32.1. The third-order valence-corrected chi connectivity index (χ3v) is 9.12. The van der Waals surface area contributed by atoms with E-state index in [2.05, 4.69) is 51.6 Å². The first-order valence-corrected chi connectivity index (χ1v) is 16.7. The van der Waals surface area contributed by atoms with Crippen molar-refractivity contribution < 1.29 is 22.8 Å². The van der Waals surface area contributed by atoms with Crippen LogP contribution in [0.15, 0.2) is 60.8 Å². The lowest BCUT2D eigenvalue weighted by molar-refractivity contribution is -0.137. The Morgan fingerprint density at radius 2 is 1.50 bits per heavy atom. The maximum Gasteiger partial charge on any atom is 0.416 e. The second kappa shape index (κ2) is 14.8. The standard InChI is InChI=1S/C30H30F3N11O2S2/c31-30(32,33)21-8-6-20(7-9-21)17-44-18-23(37-42-44)10-11-24(45)35-28-40-41-29(48-28)43-14-12-22(13-15-43)34-26-38-39-27(47-26)36-25(46)16-19-4-2-1-3-5-19/h1-9,18,22H,10-17H2,(H,34,38)(H,35,40,45)(H,36,39,46). The number of anilines is 4. The van der Waals surface area contributed by atoms with Crippen molar-refractivity contribution in [3.05, 3.63) is 83.2 Å². The van der Waals surface area contributed by atoms with Crippen molar-refractivity contribution in [1.82, 2.24) is 35.4 Å². The smallest absolute Gasteiger partial charge is 0.357 e. The lowest BCUT2D eigenvalue weighted by Gasteiger charge is -2.31. The molecule has 250 valence electrons. The van der Waals surface area contributed by atoms with Gasteiger partial charge in [-0.2, -0.15) is 13.2 Å². The van der Waals surface area contributed by atoms with Gasteiger partial charge >= 0.3 is 6.18 Å². The molecule has 6 rings (SSSR count). The number of aryl methyl sites for hydroxylation is 1. The molecule has 2 amide bonds. The monoisotopic (exact) mass is 697 g/mol. The van der Waals surface area contributed by atoms with Gasteiger partial charge in [-0.15, -0.1) is 25.5 Å². The van der Waals surface area contributed by atoms with Crippen LogP contribution in [-0.2, 0) is 35.2 Å². The summed E-state index contributed by atoms with van der Waals surface area (Å²) in [6.07, 6.45) is -0.310. The molecule has 2 aromatic carbocycles. The number of alkyl halides is 3. The van der Waals surface area contributed by atoms with Crippen molar-refractivity contribution in [1.29, 1.82) is 0 Å². The number of carbonyl (C=O) groups is 2. The highest BCUT2D eigenvalue weighted by Gasteiger charge is 2.30. The highest BCUT2D eigenvalue weighted by Crippen LogP contribution is 2.30. The van der Waals surface area contributed by atoms with Crippen LogP contribution in [0.5, 0.6) is 0 Å². The van der Waals surface area contributed by atoms with Crippen molar-refractivity contribution in [3.63, 3.8) is 0 Å². The van der Waals surface area contributed by atoms with E-state index in [0.717, 1.165) is 43.6 Å². The number of nitrogens with zero attached hydrogens (tertiary/aromatic N) is 8. The SMILES string of the molecule is O=C(Cc1ccccc1)Nc1nnc(NC2CCN(c3nnc(NC(=O)CCc4cn(Cc5ccc(C(F)(F)F)cc5)nn4)s3)CC2)s1. The fourth-order valence-electron chi connectivity index (χ4n) is 5.00. The summed E-state index contributed by atoms with van der Waals surface area (Å²) in [5.41, 5.74) is 1.45. The van der Waals surface area contributed by atoms with Gasteiger partial charge in [0.1, 0.15) is 0 Å². The van der Waals surface area contributed by atoms with E-state index in [9.17, 15) is 22.8 Å². The number of amides is 2. The quantitative estimate of drug-likeness (QED) is 0.164. The summed E-state index contributed by atoms with van der Waals surface area (Å²) in [4.78, 5) is 27.0. The second-order valence-electron chi connectivity index (χ2n) is 11.1. The summed E-state index contributed by atoms with van der Waals surface area (Å²) >= 11 is 2.60. The molecule has 0 unspecified atom stereocenters. The number of piperidine rings is 1. The molecule has 5 aromatic rings. The maximum atomic E-state index is 12.8. The molecule has 3 N–H and O–H groups in total. The molecule has 1 aliphatic heterocycles. The summed E-state index contributed by atoms with van der Waals surface area (Å²) < 4.78 is 39.9. The van der Waals surface area contributed by atoms with Gasteiger partial charge in [-0.25, -0.2) is 4.68 Å². The molecule has 0 radical (unpaired) electrons. The van der Waals surface area contributed by atoms with E-state index in [1.807, 2.05) is 30.3 Å². The topological polar surface area (TPSA) is 156 Å². The molecule has 0 bridgehead atoms. The van der Waals surface area contributed by atoms with Crippen LogP contribution in [0.1, 0.15) is 41.6 Å². The minimum atomic E-state index is -4.38. The van der Waals surface area contributed by atoms with Gasteiger partial charge in [0.05, 0.1) is 24.2 Å². The largest absolute Gasteiger partial charge is 0.416 e. The Balaban J connectivity index is 0.901. The Kier molecular flexibility index (Phi) is 10.2. The van der Waals surface area contributed by atoms with Crippen LogP contribution in [0.25, 0.3) is 0 Å². The second-order valence-corrected chi connectivity index (χ2v) is 13.0. The average Bonchev–Trinajstić information content (AvgIpc) is 3.83. The first kappa shape index (κ1) is 33.0. The highest BCUT2D eigenvalue weighted by molar-refractivity contribution is 7.19. The van der Waals surface area contributed by atoms with E-state index in [1.165, 1.54) is 39.5 Å². The number of hydrogen-bond donors (Lipinski definition) is 3. The number of nitrogens with one attached hydrogen (secondary N) is 3. The van der Waals surface area contributed by atoms with Crippen LogP contribution in [0.3, 0.4) is 0 Å². The van der Waals surface area contributed by atoms with Crippen LogP contribution >= 0.6 is 22.7 Å². The Labute approximate surface area is 280 Å². The minimum absolute atomic E-state index is 0.147. The van der Waals surface area contributed by atoms with Gasteiger partial charge in [0.2, 0.25) is 32.3 Å². The molecule has 13 nitrogen and oxygen atoms in total. The zero-order chi connectivity index (χ0) is 33.5. The molecule has 0 aliphatic carbocycles. The molecule has 4 heterocycles. The molecule has 3 aromatic heterocycles. The van der Waals surface area contributed by atoms with Crippen molar-refractivity contribution in [2.45, 2.75) is 50.9 Å². The number of hydrogen-bond acceptors (Lipinski definition) is 12. The predicted octanol–water partition coefficient (Wildman–Crippen LogP) is 4.88. The van der Waals surface area contributed by atoms with E-state index in [1.54, 1.807) is 6.20 Å². The van der Waals surface area contributed by atoms with Crippen LogP contribution < -0.4 is 20.9 Å². The number of halogens is 3. The summed E-state index contributed by atoms with van der Waals surface area (Å²) in [6.45, 7) is 1.74. The number of benzene rings is 2. The molecule has 1 fully saturated rings. The average molecular weight is 698 g/mol. The summed E-state index contributed by atoms with van der Waals surface area (Å²) in [5.74, 6) is -0.392. The Morgan fingerprint density at radius 1 is 0.812 bits per heavy atom. The number of carbonyl (C=O) groups excluding carboxylic acids is 2. The maximum absolute atomic E-state index is 12.8. The third-order valence-electron chi connectivity index (χ3n) is 7.45. The van der Waals surface area contributed by atoms with Crippen molar-refractivity contribution >= 4 is 55.0 Å². The molecule has 0 spiro atoms. The van der Waals surface area contributed by atoms with Crippen LogP contribution in [-0.4, -0.2) is 66.3 Å². The zero-order valence-electron chi connectivity index (χ0n) is 25.4. The Bertz CT molecular complexity index is 1820. The molecular weight excluding hydrogens is 668 g/mol. The van der Waals surface area contributed by atoms with Crippen LogP contribution in [0.4, 0.5) is 33.7 Å². The first-order valence-electron chi connectivity index (χ1n) is 15.0. The Morgan fingerprint density at radius 3 is 2.25 bits per heavy atom. The van der Waals surface area contributed by atoms with E-state index in [4.69, 9.17) is 0 Å². The Hall–Kier alpha value is -4.97. The molecule has 1 aliphatic rings. The first-order chi connectivity index (χ1) is 23.2. The minimum Gasteiger partial charge on any atom is -0.357 e. The third kappa shape index (κ3) is 9.09. The van der Waals surface area contributed by atoms with Crippen molar-refractivity contribution in [2.75, 3.05) is 33.9 Å². The van der Waals surface area contributed by atoms with E-state index >= 15 is 0 Å². The summed E-state index contributed by atoms with van der Waals surface area (Å²) in [6, 6.07) is 14.5. The van der Waals surface area contributed by atoms with Crippen LogP contribution in [0, 0.1) is 0 Å². The van der Waals surface area contributed by atoms with E-state index in [-0.39, 0.29) is 37.2 Å². The van der Waals surface area contributed by atoms with Crippen LogP contribution in [0.2, 0.25) is 0 Å². The fraction of sp³-hybridized carbons (Fsp3) is 0.333. The summed E-state index contributed by atoms with van der Waals surface area (Å²) in [7, 11) is 0. The van der Waals surface area contributed by atoms with Gasteiger partial charge in [0.25, 0.3) is 0 Å². The van der Waals surface area contributed by atoms with Crippen molar-refractivity contribution in [3.8, 4) is 0 Å². The molecule has 0 saturated carbocycles. The van der Waals surface area contributed by atoms with E-state index in [0.29, 0.717) is 38.2 Å². The number of aromatic nitrogens is 7. The molecule has 0 atom stereocenters. The van der Waals surface area contributed by atoms with Gasteiger partial charge < -0.3 is 20.9 Å². The lowest BCUT2D eigenvalue weighted by Crippen LogP contribution is -2.39. The van der Waals surface area contributed by atoms with Gasteiger partial charge in [-0.3, -0.25) is 9.59 Å². The van der Waals surface area contributed by atoms with Crippen molar-refractivity contribution in [2.24, 2.45) is 0 Å². The van der Waals surface area contributed by atoms with Gasteiger partial charge in [-0.1, -0.05) is 70.4 Å². The molecule has 18 heteroatoms. The van der Waals surface area contributed by atoms with Gasteiger partial charge in [0, 0.05) is 38.2 Å². The molecule has 48 heavy (non-hydrogen) atoms. The summed E-state index contributed by atoms with van der Waals surface area (Å²) in [5, 5.41) is 35.9. The van der Waals surface area contributed by atoms with E-state index < -0.39 is 11.7 Å². The number of rotatable bonds is 12. The normalized spacial score (nSPS) is 13.8.